The van der Waals surface area contributed by atoms with E-state index in [9.17, 15) is 0 Å². The summed E-state index contributed by atoms with van der Waals surface area (Å²) in [4.78, 5) is 5.38. The van der Waals surface area contributed by atoms with Gasteiger partial charge in [0.25, 0.3) is 0 Å². The van der Waals surface area contributed by atoms with Gasteiger partial charge >= 0.3 is 0 Å². The van der Waals surface area contributed by atoms with Crippen LogP contribution < -0.4 is 0 Å². The van der Waals surface area contributed by atoms with Crippen molar-refractivity contribution in [3.05, 3.63) is 34.9 Å². The highest BCUT2D eigenvalue weighted by molar-refractivity contribution is 6.30. The Morgan fingerprint density at radius 3 is 2.65 bits per heavy atom. The molecule has 3 heteroatoms. The fraction of sp³-hybridized carbons (Fsp3) is 0.647. The van der Waals surface area contributed by atoms with Gasteiger partial charge in [-0.3, -0.25) is 9.80 Å². The fourth-order valence-corrected chi connectivity index (χ4v) is 3.97. The first-order chi connectivity index (χ1) is 9.65. The van der Waals surface area contributed by atoms with E-state index < -0.39 is 0 Å². The molecule has 0 spiro atoms. The number of piperidine rings is 1. The average Bonchev–Trinajstić information content (AvgIpc) is 2.46. The molecule has 0 bridgehead atoms. The molecule has 3 unspecified atom stereocenters. The number of benzene rings is 1. The lowest BCUT2D eigenvalue weighted by molar-refractivity contribution is -0.00459. The van der Waals surface area contributed by atoms with Crippen LogP contribution >= 0.6 is 11.6 Å². The van der Waals surface area contributed by atoms with Crippen LogP contribution in [0.3, 0.4) is 0 Å². The number of nitrogens with zero attached hydrogens (tertiary/aromatic N) is 2. The molecule has 2 aliphatic heterocycles. The summed E-state index contributed by atoms with van der Waals surface area (Å²) in [6.45, 7) is 8.45. The molecule has 2 nitrogen and oxygen atoms in total. The van der Waals surface area contributed by atoms with Gasteiger partial charge in [-0.15, -0.1) is 0 Å². The van der Waals surface area contributed by atoms with Crippen molar-refractivity contribution < 1.29 is 0 Å². The van der Waals surface area contributed by atoms with Crippen molar-refractivity contribution in [3.8, 4) is 0 Å². The van der Waals surface area contributed by atoms with E-state index in [-0.39, 0.29) is 0 Å². The molecule has 0 radical (unpaired) electrons. The second kappa shape index (κ2) is 6.05. The van der Waals surface area contributed by atoms with E-state index in [0.717, 1.165) is 11.1 Å². The Labute approximate surface area is 127 Å². The molecule has 1 aromatic rings. The first-order valence-electron chi connectivity index (χ1n) is 7.90. The van der Waals surface area contributed by atoms with Crippen LogP contribution in [0.2, 0.25) is 5.02 Å². The number of halogens is 1. The summed E-state index contributed by atoms with van der Waals surface area (Å²) in [7, 11) is 0. The van der Waals surface area contributed by atoms with Crippen LogP contribution in [-0.4, -0.2) is 41.5 Å². The van der Waals surface area contributed by atoms with Gasteiger partial charge in [-0.05, 0) is 50.9 Å². The van der Waals surface area contributed by atoms with E-state index in [1.807, 2.05) is 12.1 Å². The van der Waals surface area contributed by atoms with Gasteiger partial charge in [0.2, 0.25) is 0 Å². The summed E-state index contributed by atoms with van der Waals surface area (Å²) in [6, 6.07) is 10.3. The first-order valence-corrected chi connectivity index (χ1v) is 8.28. The van der Waals surface area contributed by atoms with E-state index >= 15 is 0 Å². The first kappa shape index (κ1) is 14.4. The predicted molar refractivity (Wildman–Crippen MR) is 85.2 cm³/mol. The van der Waals surface area contributed by atoms with Crippen molar-refractivity contribution in [2.75, 3.05) is 19.6 Å². The van der Waals surface area contributed by atoms with E-state index in [4.69, 9.17) is 11.6 Å². The molecule has 3 atom stereocenters. The SMILES string of the molecule is CC1CN2CCCCC2CN1C(C)c1ccc(Cl)cc1. The van der Waals surface area contributed by atoms with Crippen LogP contribution in [-0.2, 0) is 0 Å². The third-order valence-electron chi connectivity index (χ3n) is 5.09. The number of fused-ring (bicyclic) bond motifs is 1. The normalized spacial score (nSPS) is 29.9. The number of hydrogen-bond donors (Lipinski definition) is 0. The third kappa shape index (κ3) is 2.88. The van der Waals surface area contributed by atoms with Crippen molar-refractivity contribution in [1.29, 1.82) is 0 Å². The molecule has 1 aromatic carbocycles. The minimum absolute atomic E-state index is 0.478. The highest BCUT2D eigenvalue weighted by Gasteiger charge is 2.35. The molecule has 0 N–H and O–H groups in total. The van der Waals surface area contributed by atoms with Gasteiger partial charge in [0, 0.05) is 36.2 Å². The molecule has 3 rings (SSSR count). The predicted octanol–water partition coefficient (Wildman–Crippen LogP) is 3.96. The van der Waals surface area contributed by atoms with Crippen molar-refractivity contribution in [2.45, 2.75) is 51.2 Å². The second-order valence-corrected chi connectivity index (χ2v) is 6.85. The summed E-state index contributed by atoms with van der Waals surface area (Å²) >= 11 is 6.00. The van der Waals surface area contributed by atoms with Crippen molar-refractivity contribution in [2.24, 2.45) is 0 Å². The molecule has 110 valence electrons. The van der Waals surface area contributed by atoms with Crippen LogP contribution in [0.5, 0.6) is 0 Å². The zero-order valence-electron chi connectivity index (χ0n) is 12.6. The Morgan fingerprint density at radius 1 is 1.15 bits per heavy atom. The molecule has 0 aromatic heterocycles. The highest BCUT2D eigenvalue weighted by atomic mass is 35.5. The van der Waals surface area contributed by atoms with Gasteiger partial charge in [-0.1, -0.05) is 30.2 Å². The van der Waals surface area contributed by atoms with Gasteiger partial charge in [0.1, 0.15) is 0 Å². The van der Waals surface area contributed by atoms with Crippen molar-refractivity contribution in [1.82, 2.24) is 9.80 Å². The van der Waals surface area contributed by atoms with Gasteiger partial charge in [0.05, 0.1) is 0 Å². The summed E-state index contributed by atoms with van der Waals surface area (Å²) in [5.74, 6) is 0. The second-order valence-electron chi connectivity index (χ2n) is 6.42. The zero-order chi connectivity index (χ0) is 14.1. The quantitative estimate of drug-likeness (QED) is 0.814. The minimum atomic E-state index is 0.478. The largest absolute Gasteiger partial charge is 0.298 e. The van der Waals surface area contributed by atoms with E-state index in [2.05, 4.69) is 35.8 Å². The minimum Gasteiger partial charge on any atom is -0.298 e. The van der Waals surface area contributed by atoms with Crippen molar-refractivity contribution in [3.63, 3.8) is 0 Å². The summed E-state index contributed by atoms with van der Waals surface area (Å²) < 4.78 is 0. The molecule has 2 fully saturated rings. The lowest BCUT2D eigenvalue weighted by atomic mass is 9.94. The zero-order valence-corrected chi connectivity index (χ0v) is 13.3. The molecular formula is C17H25ClN2. The Hall–Kier alpha value is -0.570. The summed E-state index contributed by atoms with van der Waals surface area (Å²) in [5, 5.41) is 0.825. The smallest absolute Gasteiger partial charge is 0.0406 e. The maximum atomic E-state index is 6.00. The van der Waals surface area contributed by atoms with Crippen molar-refractivity contribution >= 4 is 11.6 Å². The Kier molecular flexibility index (Phi) is 4.34. The van der Waals surface area contributed by atoms with E-state index in [1.165, 1.54) is 44.5 Å². The Morgan fingerprint density at radius 2 is 1.90 bits per heavy atom. The Bertz CT molecular complexity index is 445. The van der Waals surface area contributed by atoms with E-state index in [1.54, 1.807) is 0 Å². The molecule has 0 aliphatic carbocycles. The molecule has 2 saturated heterocycles. The van der Waals surface area contributed by atoms with Gasteiger partial charge in [0.15, 0.2) is 0 Å². The van der Waals surface area contributed by atoms with Crippen LogP contribution in [0.4, 0.5) is 0 Å². The standard InChI is InChI=1S/C17H25ClN2/c1-13-11-19-10-4-3-5-17(19)12-20(13)14(2)15-6-8-16(18)9-7-15/h6-9,13-14,17H,3-5,10-12H2,1-2H3. The highest BCUT2D eigenvalue weighted by Crippen LogP contribution is 2.30. The average molecular weight is 293 g/mol. The molecular weight excluding hydrogens is 268 g/mol. The Balaban J connectivity index is 1.73. The van der Waals surface area contributed by atoms with Crippen LogP contribution in [0, 0.1) is 0 Å². The summed E-state index contributed by atoms with van der Waals surface area (Å²) in [6.07, 6.45) is 4.16. The topological polar surface area (TPSA) is 6.48 Å². The van der Waals surface area contributed by atoms with Gasteiger partial charge in [-0.25, -0.2) is 0 Å². The lowest BCUT2D eigenvalue weighted by Crippen LogP contribution is -2.58. The molecule has 20 heavy (non-hydrogen) atoms. The van der Waals surface area contributed by atoms with Gasteiger partial charge < -0.3 is 0 Å². The number of piperazine rings is 1. The number of rotatable bonds is 2. The lowest BCUT2D eigenvalue weighted by Gasteiger charge is -2.49. The molecule has 0 amide bonds. The summed E-state index contributed by atoms with van der Waals surface area (Å²) in [5.41, 5.74) is 1.38. The van der Waals surface area contributed by atoms with E-state index in [0.29, 0.717) is 12.1 Å². The maximum Gasteiger partial charge on any atom is 0.0406 e. The monoisotopic (exact) mass is 292 g/mol. The van der Waals surface area contributed by atoms with Crippen LogP contribution in [0.1, 0.15) is 44.7 Å². The molecule has 2 heterocycles. The van der Waals surface area contributed by atoms with Gasteiger partial charge in [-0.2, -0.15) is 0 Å². The third-order valence-corrected chi connectivity index (χ3v) is 5.34. The fourth-order valence-electron chi connectivity index (χ4n) is 3.85. The molecule has 0 saturated carbocycles. The number of hydrogen-bond acceptors (Lipinski definition) is 2. The van der Waals surface area contributed by atoms with Crippen LogP contribution in [0.15, 0.2) is 24.3 Å². The maximum absolute atomic E-state index is 6.00. The van der Waals surface area contributed by atoms with Crippen LogP contribution in [0.25, 0.3) is 0 Å². The molecule has 2 aliphatic rings.